The van der Waals surface area contributed by atoms with Gasteiger partial charge in [-0.15, -0.1) is 23.1 Å². The minimum absolute atomic E-state index is 0.0831. The first-order chi connectivity index (χ1) is 10.6. The molecule has 118 valence electrons. The lowest BCUT2D eigenvalue weighted by Gasteiger charge is -2.08. The van der Waals surface area contributed by atoms with E-state index in [0.29, 0.717) is 10.6 Å². The van der Waals surface area contributed by atoms with Gasteiger partial charge in [-0.05, 0) is 31.2 Å². The van der Waals surface area contributed by atoms with Crippen LogP contribution in [-0.4, -0.2) is 28.5 Å². The fourth-order valence-electron chi connectivity index (χ4n) is 2.52. The molecule has 0 saturated heterocycles. The van der Waals surface area contributed by atoms with Gasteiger partial charge in [0.15, 0.2) is 0 Å². The fourth-order valence-corrected chi connectivity index (χ4v) is 4.31. The third-order valence-electron chi connectivity index (χ3n) is 3.49. The number of fused-ring (bicyclic) bond motifs is 1. The van der Waals surface area contributed by atoms with Crippen LogP contribution in [0.15, 0.2) is 0 Å². The molecule has 0 aliphatic heterocycles. The first-order valence-corrected chi connectivity index (χ1v) is 9.23. The minimum Gasteiger partial charge on any atom is -0.481 e. The summed E-state index contributed by atoms with van der Waals surface area (Å²) in [6.07, 6.45) is 6.48. The summed E-state index contributed by atoms with van der Waals surface area (Å²) in [6.45, 7) is 0. The van der Waals surface area contributed by atoms with Gasteiger partial charge in [-0.2, -0.15) is 5.26 Å². The monoisotopic (exact) mass is 338 g/mol. The molecule has 0 spiro atoms. The lowest BCUT2D eigenvalue weighted by molar-refractivity contribution is -0.133. The molecule has 1 aliphatic rings. The molecule has 0 unspecified atom stereocenters. The number of carboxylic acids is 1. The molecule has 2 N–H and O–H groups in total. The van der Waals surface area contributed by atoms with Crippen molar-refractivity contribution in [3.63, 3.8) is 0 Å². The van der Waals surface area contributed by atoms with Crippen molar-refractivity contribution in [3.05, 3.63) is 16.0 Å². The average molecular weight is 338 g/mol. The maximum atomic E-state index is 11.9. The number of aliphatic carboxylic acids is 1. The molecule has 0 atom stereocenters. The van der Waals surface area contributed by atoms with Crippen molar-refractivity contribution in [1.29, 1.82) is 5.26 Å². The Balaban J connectivity index is 2.07. The number of nitrogens with one attached hydrogen (secondary N) is 1. The molecule has 0 radical (unpaired) electrons. The molecular weight excluding hydrogens is 320 g/mol. The third-order valence-corrected chi connectivity index (χ3v) is 5.62. The highest BCUT2D eigenvalue weighted by Gasteiger charge is 2.20. The van der Waals surface area contributed by atoms with Gasteiger partial charge in [0.2, 0.25) is 5.91 Å². The van der Waals surface area contributed by atoms with Crippen molar-refractivity contribution >= 4 is 40.0 Å². The molecular formula is C15H18N2O3S2. The molecule has 1 aliphatic carbocycles. The van der Waals surface area contributed by atoms with Crippen LogP contribution in [0.25, 0.3) is 0 Å². The number of aryl methyl sites for hydroxylation is 1. The van der Waals surface area contributed by atoms with Crippen LogP contribution in [0.4, 0.5) is 5.00 Å². The number of amides is 1. The number of nitriles is 1. The van der Waals surface area contributed by atoms with Gasteiger partial charge in [0.1, 0.15) is 11.1 Å². The van der Waals surface area contributed by atoms with E-state index in [9.17, 15) is 14.9 Å². The van der Waals surface area contributed by atoms with Crippen LogP contribution < -0.4 is 5.32 Å². The van der Waals surface area contributed by atoms with E-state index in [0.717, 1.165) is 43.0 Å². The smallest absolute Gasteiger partial charge is 0.313 e. The molecule has 1 aromatic heterocycles. The van der Waals surface area contributed by atoms with Crippen LogP contribution in [0.1, 0.15) is 41.7 Å². The van der Waals surface area contributed by atoms with E-state index in [1.54, 1.807) is 0 Å². The van der Waals surface area contributed by atoms with Crippen LogP contribution >= 0.6 is 23.1 Å². The number of nitrogens with zero attached hydrogens (tertiary/aromatic N) is 1. The summed E-state index contributed by atoms with van der Waals surface area (Å²) in [6, 6.07) is 2.23. The second kappa shape index (κ2) is 8.20. The molecule has 0 fully saturated rings. The Hall–Kier alpha value is -1.52. The Kier molecular flexibility index (Phi) is 6.28. The van der Waals surface area contributed by atoms with Gasteiger partial charge in [-0.3, -0.25) is 9.59 Å². The van der Waals surface area contributed by atoms with Crippen molar-refractivity contribution in [2.45, 2.75) is 38.5 Å². The quantitative estimate of drug-likeness (QED) is 0.861. The zero-order valence-corrected chi connectivity index (χ0v) is 13.8. The maximum Gasteiger partial charge on any atom is 0.313 e. The summed E-state index contributed by atoms with van der Waals surface area (Å²) in [7, 11) is 0. The molecule has 0 aromatic carbocycles. The van der Waals surface area contributed by atoms with Crippen LogP contribution in [0, 0.1) is 11.3 Å². The SMILES string of the molecule is N#Cc1c(NC(=O)CSCC(=O)O)sc2c1CCCCCC2. The van der Waals surface area contributed by atoms with Crippen LogP contribution in [-0.2, 0) is 22.4 Å². The van der Waals surface area contributed by atoms with Crippen LogP contribution in [0.2, 0.25) is 0 Å². The van der Waals surface area contributed by atoms with Crippen molar-refractivity contribution in [2.24, 2.45) is 0 Å². The van der Waals surface area contributed by atoms with Gasteiger partial charge in [-0.1, -0.05) is 12.8 Å². The fraction of sp³-hybridized carbons (Fsp3) is 0.533. The van der Waals surface area contributed by atoms with Gasteiger partial charge >= 0.3 is 5.97 Å². The summed E-state index contributed by atoms with van der Waals surface area (Å²) in [5, 5.41) is 21.4. The highest BCUT2D eigenvalue weighted by molar-refractivity contribution is 8.00. The van der Waals surface area contributed by atoms with Crippen molar-refractivity contribution in [2.75, 3.05) is 16.8 Å². The van der Waals surface area contributed by atoms with Crippen molar-refractivity contribution in [3.8, 4) is 6.07 Å². The van der Waals surface area contributed by atoms with E-state index < -0.39 is 5.97 Å². The summed E-state index contributed by atoms with van der Waals surface area (Å²) in [5.41, 5.74) is 1.69. The molecule has 1 heterocycles. The van der Waals surface area contributed by atoms with Gasteiger partial charge in [-0.25, -0.2) is 0 Å². The zero-order chi connectivity index (χ0) is 15.9. The van der Waals surface area contributed by atoms with E-state index in [4.69, 9.17) is 5.11 Å². The highest BCUT2D eigenvalue weighted by atomic mass is 32.2. The second-order valence-corrected chi connectivity index (χ2v) is 7.26. The predicted octanol–water partition coefficient (Wildman–Crippen LogP) is 3.04. The number of thioether (sulfide) groups is 1. The zero-order valence-electron chi connectivity index (χ0n) is 12.2. The molecule has 5 nitrogen and oxygen atoms in total. The number of hydrogen-bond acceptors (Lipinski definition) is 5. The van der Waals surface area contributed by atoms with Gasteiger partial charge in [0.25, 0.3) is 0 Å². The Labute approximate surface area is 137 Å². The molecule has 2 rings (SSSR count). The summed E-state index contributed by atoms with van der Waals surface area (Å²) < 4.78 is 0. The second-order valence-electron chi connectivity index (χ2n) is 5.17. The Morgan fingerprint density at radius 3 is 2.64 bits per heavy atom. The number of thiophene rings is 1. The van der Waals surface area contributed by atoms with Crippen LogP contribution in [0.3, 0.4) is 0 Å². The topological polar surface area (TPSA) is 90.2 Å². The largest absolute Gasteiger partial charge is 0.481 e. The summed E-state index contributed by atoms with van der Waals surface area (Å²) in [4.78, 5) is 23.5. The molecule has 1 aromatic rings. The van der Waals surface area contributed by atoms with Gasteiger partial charge < -0.3 is 10.4 Å². The van der Waals surface area contributed by atoms with E-state index in [1.165, 1.54) is 29.1 Å². The minimum atomic E-state index is -0.936. The summed E-state index contributed by atoms with van der Waals surface area (Å²) >= 11 is 2.55. The van der Waals surface area contributed by atoms with Gasteiger partial charge in [0.05, 0.1) is 17.1 Å². The Bertz CT molecular complexity index is 605. The first kappa shape index (κ1) is 16.8. The molecule has 7 heteroatoms. The molecule has 22 heavy (non-hydrogen) atoms. The number of anilines is 1. The van der Waals surface area contributed by atoms with Crippen LogP contribution in [0.5, 0.6) is 0 Å². The van der Waals surface area contributed by atoms with Crippen molar-refractivity contribution in [1.82, 2.24) is 0 Å². The maximum absolute atomic E-state index is 11.9. The number of rotatable bonds is 5. The predicted molar refractivity (Wildman–Crippen MR) is 88.5 cm³/mol. The lowest BCUT2D eigenvalue weighted by atomic mass is 9.97. The highest BCUT2D eigenvalue weighted by Crippen LogP contribution is 2.36. The van der Waals surface area contributed by atoms with Crippen molar-refractivity contribution < 1.29 is 14.7 Å². The van der Waals surface area contributed by atoms with Gasteiger partial charge in [0, 0.05) is 4.88 Å². The molecule has 0 saturated carbocycles. The number of carbonyl (C=O) groups is 2. The normalized spacial score (nSPS) is 14.3. The summed E-state index contributed by atoms with van der Waals surface area (Å²) in [5.74, 6) is -1.20. The Morgan fingerprint density at radius 1 is 1.23 bits per heavy atom. The first-order valence-electron chi connectivity index (χ1n) is 7.26. The van der Waals surface area contributed by atoms with E-state index in [-0.39, 0.29) is 17.4 Å². The lowest BCUT2D eigenvalue weighted by Crippen LogP contribution is -2.15. The van der Waals surface area contributed by atoms with E-state index in [1.807, 2.05) is 0 Å². The number of carboxylic acid groups (broad SMARTS) is 1. The third kappa shape index (κ3) is 4.49. The number of carbonyl (C=O) groups excluding carboxylic acids is 1. The number of hydrogen-bond donors (Lipinski definition) is 2. The average Bonchev–Trinajstić information content (AvgIpc) is 2.74. The Morgan fingerprint density at radius 2 is 1.95 bits per heavy atom. The molecule has 0 bridgehead atoms. The van der Waals surface area contributed by atoms with E-state index in [2.05, 4.69) is 11.4 Å². The standard InChI is InChI=1S/C15H18N2O3S2/c16-7-11-10-5-3-1-2-4-6-12(10)22-15(11)17-13(18)8-21-9-14(19)20/h1-6,8-9H2,(H,17,18)(H,19,20). The molecule has 1 amide bonds. The van der Waals surface area contributed by atoms with E-state index >= 15 is 0 Å².